The van der Waals surface area contributed by atoms with Gasteiger partial charge in [0.05, 0.1) is 29.5 Å². The SMILES string of the molecule is CC(=O)O.CNC(=O)[C@H](CCCN=C(N)N)NC(=O)[C@H](CC(C)C)C(Cc1ccc(CN2C(=O)c3ccccc3C2=O)cc1)C(=O)NO. The fourth-order valence-corrected chi connectivity index (χ4v) is 5.29. The van der Waals surface area contributed by atoms with Crippen molar-refractivity contribution in [3.63, 3.8) is 0 Å². The Kier molecular flexibility index (Phi) is 15.2. The average Bonchev–Trinajstić information content (AvgIpc) is 3.28. The summed E-state index contributed by atoms with van der Waals surface area (Å²) in [5.41, 5.74) is 14.6. The smallest absolute Gasteiger partial charge is 0.300 e. The van der Waals surface area contributed by atoms with Gasteiger partial charge in [-0.05, 0) is 54.9 Å². The monoisotopic (exact) mass is 667 g/mol. The van der Waals surface area contributed by atoms with Gasteiger partial charge in [0, 0.05) is 20.5 Å². The zero-order chi connectivity index (χ0) is 36.0. The lowest BCUT2D eigenvalue weighted by atomic mass is 9.80. The third-order valence-corrected chi connectivity index (χ3v) is 7.52. The number of hydrogen-bond donors (Lipinski definition) is 7. The molecule has 1 unspecified atom stereocenters. The molecule has 2 aromatic rings. The second-order valence-corrected chi connectivity index (χ2v) is 11.7. The number of benzene rings is 2. The molecule has 0 aliphatic carbocycles. The van der Waals surface area contributed by atoms with Crippen LogP contribution in [0.4, 0.5) is 0 Å². The topological polar surface area (TPSA) is 247 Å². The number of carboxylic acids is 1. The number of aliphatic carboxylic acids is 1. The molecule has 0 saturated heterocycles. The summed E-state index contributed by atoms with van der Waals surface area (Å²) in [6.45, 7) is 5.26. The Bertz CT molecular complexity index is 1450. The van der Waals surface area contributed by atoms with Gasteiger partial charge in [0.15, 0.2) is 5.96 Å². The Morgan fingerprint density at radius 2 is 1.42 bits per heavy atom. The Balaban J connectivity index is 0.00000189. The van der Waals surface area contributed by atoms with E-state index in [1.54, 1.807) is 54.0 Å². The van der Waals surface area contributed by atoms with E-state index in [4.69, 9.17) is 21.4 Å². The second kappa shape index (κ2) is 18.7. The molecule has 1 aliphatic heterocycles. The van der Waals surface area contributed by atoms with Crippen molar-refractivity contribution in [2.24, 2.45) is 34.2 Å². The van der Waals surface area contributed by atoms with E-state index >= 15 is 0 Å². The molecule has 1 aliphatic rings. The number of likely N-dealkylation sites (N-methyl/N-ethyl adjacent to an activating group) is 1. The van der Waals surface area contributed by atoms with Crippen molar-refractivity contribution in [3.05, 3.63) is 70.8 Å². The highest BCUT2D eigenvalue weighted by molar-refractivity contribution is 6.21. The Hall–Kier alpha value is -5.31. The molecule has 0 fully saturated rings. The highest BCUT2D eigenvalue weighted by Crippen LogP contribution is 2.27. The van der Waals surface area contributed by atoms with Crippen LogP contribution in [0.3, 0.4) is 0 Å². The number of nitrogens with zero attached hydrogens (tertiary/aromatic N) is 2. The van der Waals surface area contributed by atoms with E-state index in [1.165, 1.54) is 11.9 Å². The molecule has 0 spiro atoms. The number of hydrogen-bond acceptors (Lipinski definition) is 8. The van der Waals surface area contributed by atoms with Gasteiger partial charge in [-0.2, -0.15) is 0 Å². The largest absolute Gasteiger partial charge is 0.481 e. The second-order valence-electron chi connectivity index (χ2n) is 11.7. The predicted molar refractivity (Wildman–Crippen MR) is 176 cm³/mol. The summed E-state index contributed by atoms with van der Waals surface area (Å²) in [6, 6.07) is 12.8. The van der Waals surface area contributed by atoms with Crippen LogP contribution < -0.4 is 27.6 Å². The number of nitrogens with two attached hydrogens (primary N) is 2. The number of imide groups is 1. The van der Waals surface area contributed by atoms with Crippen LogP contribution in [0.5, 0.6) is 0 Å². The minimum Gasteiger partial charge on any atom is -0.481 e. The minimum absolute atomic E-state index is 0.0158. The van der Waals surface area contributed by atoms with Gasteiger partial charge in [0.2, 0.25) is 17.7 Å². The zero-order valence-corrected chi connectivity index (χ0v) is 27.6. The lowest BCUT2D eigenvalue weighted by Crippen LogP contribution is -2.50. The van der Waals surface area contributed by atoms with Crippen molar-refractivity contribution in [3.8, 4) is 0 Å². The first-order valence-electron chi connectivity index (χ1n) is 15.4. The lowest BCUT2D eigenvalue weighted by Gasteiger charge is -2.28. The average molecular weight is 668 g/mol. The molecule has 1 heterocycles. The van der Waals surface area contributed by atoms with Crippen molar-refractivity contribution in [1.82, 2.24) is 21.0 Å². The van der Waals surface area contributed by atoms with Gasteiger partial charge in [0.1, 0.15) is 6.04 Å². The molecule has 0 aromatic heterocycles. The number of carbonyl (C=O) groups is 6. The molecule has 48 heavy (non-hydrogen) atoms. The van der Waals surface area contributed by atoms with Crippen molar-refractivity contribution in [2.75, 3.05) is 13.6 Å². The summed E-state index contributed by atoms with van der Waals surface area (Å²) in [5.74, 6) is -5.06. The summed E-state index contributed by atoms with van der Waals surface area (Å²) >= 11 is 0. The predicted octanol–water partition coefficient (Wildman–Crippen LogP) is 1.18. The van der Waals surface area contributed by atoms with Gasteiger partial charge >= 0.3 is 0 Å². The maximum absolute atomic E-state index is 13.6. The van der Waals surface area contributed by atoms with Gasteiger partial charge in [0.25, 0.3) is 17.8 Å². The van der Waals surface area contributed by atoms with E-state index in [2.05, 4.69) is 15.6 Å². The molecule has 3 rings (SSSR count). The number of fused-ring (bicyclic) bond motifs is 1. The quantitative estimate of drug-likeness (QED) is 0.0357. The van der Waals surface area contributed by atoms with Crippen LogP contribution in [-0.4, -0.2) is 76.3 Å². The van der Waals surface area contributed by atoms with Crippen LogP contribution >= 0.6 is 0 Å². The normalized spacial score (nSPS) is 13.8. The standard InChI is InChI=1S/C31H41N7O6.C2H4O2/c1-18(2)15-23(26(39)36-25(28(41)34-3)9-6-14-35-31(32)33)24(27(40)37-44)16-19-10-12-20(13-11-19)17-38-29(42)21-7-4-5-8-22(21)30(38)43;1-2(3)4/h4-5,7-8,10-13,18,23-25,44H,6,9,14-17H2,1-3H3,(H,34,41)(H,36,39)(H,37,40)(H4,32,33,35);1H3,(H,3,4)/t23-,24?,25+;/m1./s1. The maximum atomic E-state index is 13.6. The number of hydroxylamine groups is 1. The third-order valence-electron chi connectivity index (χ3n) is 7.52. The lowest BCUT2D eigenvalue weighted by molar-refractivity contribution is -0.141. The number of guanidine groups is 1. The Morgan fingerprint density at radius 1 is 0.875 bits per heavy atom. The molecule has 3 atom stereocenters. The maximum Gasteiger partial charge on any atom is 0.300 e. The molecular formula is C33H45N7O8. The third kappa shape index (κ3) is 11.5. The highest BCUT2D eigenvalue weighted by Gasteiger charge is 2.37. The van der Waals surface area contributed by atoms with E-state index in [1.807, 2.05) is 13.8 Å². The molecule has 2 aromatic carbocycles. The van der Waals surface area contributed by atoms with E-state index in [-0.39, 0.29) is 49.6 Å². The van der Waals surface area contributed by atoms with E-state index in [9.17, 15) is 29.2 Å². The molecule has 260 valence electrons. The van der Waals surface area contributed by atoms with Gasteiger partial charge in [-0.3, -0.25) is 43.9 Å². The number of carboxylic acid groups (broad SMARTS) is 1. The number of nitrogens with one attached hydrogen (secondary N) is 3. The van der Waals surface area contributed by atoms with Gasteiger partial charge in [-0.25, -0.2) is 5.48 Å². The first kappa shape index (κ1) is 38.9. The molecule has 15 heteroatoms. The molecule has 0 saturated carbocycles. The number of aliphatic imine (C=N–C) groups is 1. The van der Waals surface area contributed by atoms with Crippen LogP contribution in [0.2, 0.25) is 0 Å². The summed E-state index contributed by atoms with van der Waals surface area (Å²) in [7, 11) is 1.46. The van der Waals surface area contributed by atoms with E-state index in [0.717, 1.165) is 6.92 Å². The van der Waals surface area contributed by atoms with Crippen molar-refractivity contribution >= 4 is 41.5 Å². The van der Waals surface area contributed by atoms with E-state index < -0.39 is 41.6 Å². The van der Waals surface area contributed by atoms with Crippen LogP contribution in [0.25, 0.3) is 0 Å². The fraction of sp³-hybridized carbons (Fsp3) is 0.424. The molecule has 5 amide bonds. The molecule has 15 nitrogen and oxygen atoms in total. The first-order chi connectivity index (χ1) is 22.7. The summed E-state index contributed by atoms with van der Waals surface area (Å²) in [5, 5.41) is 22.3. The van der Waals surface area contributed by atoms with Gasteiger partial charge in [-0.1, -0.05) is 50.2 Å². The molecule has 0 bridgehead atoms. The van der Waals surface area contributed by atoms with Crippen molar-refractivity contribution in [1.29, 1.82) is 0 Å². The fourth-order valence-electron chi connectivity index (χ4n) is 5.29. The summed E-state index contributed by atoms with van der Waals surface area (Å²) in [6.07, 6.45) is 1.12. The first-order valence-corrected chi connectivity index (χ1v) is 15.4. The molecular weight excluding hydrogens is 622 g/mol. The minimum atomic E-state index is -0.962. The van der Waals surface area contributed by atoms with Crippen LogP contribution in [0.1, 0.15) is 71.9 Å². The highest BCUT2D eigenvalue weighted by atomic mass is 16.5. The number of amides is 5. The van der Waals surface area contributed by atoms with E-state index in [0.29, 0.717) is 35.1 Å². The number of rotatable bonds is 15. The molecule has 9 N–H and O–H groups in total. The zero-order valence-electron chi connectivity index (χ0n) is 27.6. The molecule has 0 radical (unpaired) electrons. The van der Waals surface area contributed by atoms with Crippen LogP contribution in [0, 0.1) is 17.8 Å². The van der Waals surface area contributed by atoms with Crippen molar-refractivity contribution < 1.29 is 39.1 Å². The Labute approximate surface area is 279 Å². The summed E-state index contributed by atoms with van der Waals surface area (Å²) < 4.78 is 0. The van der Waals surface area contributed by atoms with Crippen LogP contribution in [-0.2, 0) is 32.1 Å². The van der Waals surface area contributed by atoms with Gasteiger partial charge in [-0.15, -0.1) is 0 Å². The van der Waals surface area contributed by atoms with Gasteiger partial charge < -0.3 is 27.2 Å². The summed E-state index contributed by atoms with van der Waals surface area (Å²) in [4.78, 5) is 78.7. The van der Waals surface area contributed by atoms with Crippen molar-refractivity contribution in [2.45, 2.75) is 59.0 Å². The van der Waals surface area contributed by atoms with Crippen LogP contribution in [0.15, 0.2) is 53.5 Å². The number of carbonyl (C=O) groups excluding carboxylic acids is 5. The Morgan fingerprint density at radius 3 is 1.90 bits per heavy atom.